The van der Waals surface area contributed by atoms with E-state index in [4.69, 9.17) is 4.74 Å². The van der Waals surface area contributed by atoms with E-state index >= 15 is 0 Å². The Bertz CT molecular complexity index is 1180. The van der Waals surface area contributed by atoms with Crippen LogP contribution in [-0.2, 0) is 27.7 Å². The van der Waals surface area contributed by atoms with Gasteiger partial charge in [0.25, 0.3) is 0 Å². The Hall–Kier alpha value is -3.16. The maximum Gasteiger partial charge on any atom is 0.245 e. The molecule has 0 spiro atoms. The number of nitrogens with one attached hydrogen (secondary N) is 2. The number of hydrogen-bond donors (Lipinski definition) is 2. The maximum absolute atomic E-state index is 13.3. The number of carbonyl (C=O) groups is 1. The molecule has 0 aliphatic heterocycles. The van der Waals surface area contributed by atoms with Crippen LogP contribution in [0, 0.1) is 6.92 Å². The number of carbonyl (C=O) groups excluding carboxylic acids is 1. The topological polar surface area (TPSA) is 84.5 Å². The fraction of sp³-hybridized carbons (Fsp3) is 0.240. The lowest BCUT2D eigenvalue weighted by Crippen LogP contribution is -2.45. The molecule has 0 aliphatic rings. The maximum atomic E-state index is 13.3. The zero-order valence-corrected chi connectivity index (χ0v) is 19.3. The number of sulfonamides is 1. The number of rotatable bonds is 9. The third kappa shape index (κ3) is 5.75. The second kappa shape index (κ2) is 10.4. The molecule has 168 valence electrons. The molecular weight excluding hydrogens is 424 g/mol. The van der Waals surface area contributed by atoms with E-state index in [1.54, 1.807) is 19.1 Å². The molecule has 6 nitrogen and oxygen atoms in total. The number of benzene rings is 3. The molecule has 0 bridgehead atoms. The predicted octanol–water partition coefficient (Wildman–Crippen LogP) is 4.09. The van der Waals surface area contributed by atoms with Gasteiger partial charge in [-0.15, -0.1) is 0 Å². The molecule has 3 aromatic rings. The van der Waals surface area contributed by atoms with Crippen LogP contribution in [0.5, 0.6) is 5.75 Å². The van der Waals surface area contributed by atoms with Crippen LogP contribution in [0.3, 0.4) is 0 Å². The first-order valence-corrected chi connectivity index (χ1v) is 11.9. The van der Waals surface area contributed by atoms with Crippen molar-refractivity contribution in [3.8, 4) is 5.75 Å². The molecule has 0 heterocycles. The van der Waals surface area contributed by atoms with Gasteiger partial charge in [0.2, 0.25) is 15.9 Å². The smallest absolute Gasteiger partial charge is 0.245 e. The highest BCUT2D eigenvalue weighted by Gasteiger charge is 2.28. The molecule has 0 radical (unpaired) electrons. The van der Waals surface area contributed by atoms with Crippen LogP contribution in [0.1, 0.15) is 23.6 Å². The summed E-state index contributed by atoms with van der Waals surface area (Å²) >= 11 is 0. The summed E-state index contributed by atoms with van der Waals surface area (Å²) in [6.07, 6.45) is 0.945. The Morgan fingerprint density at radius 3 is 2.38 bits per heavy atom. The number of amides is 1. The third-order valence-corrected chi connectivity index (χ3v) is 6.65. The summed E-state index contributed by atoms with van der Waals surface area (Å²) in [5.41, 5.74) is 3.26. The molecule has 3 rings (SSSR count). The first-order chi connectivity index (χ1) is 15.3. The van der Waals surface area contributed by atoms with E-state index in [-0.39, 0.29) is 17.1 Å². The van der Waals surface area contributed by atoms with Crippen LogP contribution in [0.25, 0.3) is 0 Å². The molecule has 0 fully saturated rings. The van der Waals surface area contributed by atoms with Gasteiger partial charge in [0, 0.05) is 5.69 Å². The SMILES string of the molecule is CCc1ccccc1NC(=O)[C@H](Cc1ccccc1)NS(=O)(=O)c1cc(C)ccc1OC. The summed E-state index contributed by atoms with van der Waals surface area (Å²) in [5.74, 6) is -0.205. The minimum Gasteiger partial charge on any atom is -0.495 e. The number of aryl methyl sites for hydroxylation is 2. The van der Waals surface area contributed by atoms with Crippen LogP contribution in [-0.4, -0.2) is 27.5 Å². The third-order valence-electron chi connectivity index (χ3n) is 5.16. The highest BCUT2D eigenvalue weighted by atomic mass is 32.2. The number of ether oxygens (including phenoxy) is 1. The van der Waals surface area contributed by atoms with Crippen molar-refractivity contribution in [2.24, 2.45) is 0 Å². The molecule has 0 aliphatic carbocycles. The number of hydrogen-bond acceptors (Lipinski definition) is 4. The average molecular weight is 453 g/mol. The molecule has 1 amide bonds. The fourth-order valence-corrected chi connectivity index (χ4v) is 4.90. The van der Waals surface area contributed by atoms with Crippen molar-refractivity contribution in [1.82, 2.24) is 4.72 Å². The van der Waals surface area contributed by atoms with Crippen LogP contribution in [0.4, 0.5) is 5.69 Å². The highest BCUT2D eigenvalue weighted by Crippen LogP contribution is 2.25. The van der Waals surface area contributed by atoms with E-state index in [1.807, 2.05) is 61.5 Å². The van der Waals surface area contributed by atoms with Crippen molar-refractivity contribution < 1.29 is 17.9 Å². The van der Waals surface area contributed by atoms with Crippen molar-refractivity contribution >= 4 is 21.6 Å². The number of para-hydroxylation sites is 1. The van der Waals surface area contributed by atoms with Gasteiger partial charge in [0.15, 0.2) is 0 Å². The van der Waals surface area contributed by atoms with Gasteiger partial charge in [-0.3, -0.25) is 4.79 Å². The van der Waals surface area contributed by atoms with Gasteiger partial charge in [-0.05, 0) is 54.7 Å². The lowest BCUT2D eigenvalue weighted by Gasteiger charge is -2.20. The van der Waals surface area contributed by atoms with Gasteiger partial charge >= 0.3 is 0 Å². The van der Waals surface area contributed by atoms with Crippen LogP contribution in [0.15, 0.2) is 77.7 Å². The van der Waals surface area contributed by atoms with Gasteiger partial charge in [0.05, 0.1) is 7.11 Å². The second-order valence-corrected chi connectivity index (χ2v) is 9.20. The fourth-order valence-electron chi connectivity index (χ4n) is 3.45. The Balaban J connectivity index is 1.94. The summed E-state index contributed by atoms with van der Waals surface area (Å²) < 4.78 is 34.4. The van der Waals surface area contributed by atoms with Gasteiger partial charge in [-0.1, -0.05) is 61.5 Å². The lowest BCUT2D eigenvalue weighted by atomic mass is 10.1. The summed E-state index contributed by atoms with van der Waals surface area (Å²) in [5, 5.41) is 2.90. The highest BCUT2D eigenvalue weighted by molar-refractivity contribution is 7.89. The molecular formula is C25H28N2O4S. The average Bonchev–Trinajstić information content (AvgIpc) is 2.79. The Kier molecular flexibility index (Phi) is 7.66. The van der Waals surface area contributed by atoms with Crippen LogP contribution >= 0.6 is 0 Å². The summed E-state index contributed by atoms with van der Waals surface area (Å²) in [4.78, 5) is 13.2. The largest absolute Gasteiger partial charge is 0.495 e. The molecule has 7 heteroatoms. The van der Waals surface area contributed by atoms with Gasteiger partial charge in [-0.2, -0.15) is 4.72 Å². The van der Waals surface area contributed by atoms with Crippen LogP contribution < -0.4 is 14.8 Å². The molecule has 32 heavy (non-hydrogen) atoms. The van der Waals surface area contributed by atoms with Crippen LogP contribution in [0.2, 0.25) is 0 Å². The molecule has 0 saturated heterocycles. The molecule has 1 atom stereocenters. The van der Waals surface area contributed by atoms with E-state index in [1.165, 1.54) is 13.2 Å². The summed E-state index contributed by atoms with van der Waals surface area (Å²) in [6.45, 7) is 3.80. The zero-order chi connectivity index (χ0) is 23.1. The Morgan fingerprint density at radius 2 is 1.69 bits per heavy atom. The number of anilines is 1. The number of methoxy groups -OCH3 is 1. The Morgan fingerprint density at radius 1 is 1.00 bits per heavy atom. The van der Waals surface area contributed by atoms with Gasteiger partial charge in [0.1, 0.15) is 16.7 Å². The van der Waals surface area contributed by atoms with E-state index in [9.17, 15) is 13.2 Å². The van der Waals surface area contributed by atoms with E-state index in [0.717, 1.165) is 23.1 Å². The predicted molar refractivity (Wildman–Crippen MR) is 126 cm³/mol. The monoisotopic (exact) mass is 452 g/mol. The first-order valence-electron chi connectivity index (χ1n) is 10.4. The lowest BCUT2D eigenvalue weighted by molar-refractivity contribution is -0.117. The zero-order valence-electron chi connectivity index (χ0n) is 18.5. The summed E-state index contributed by atoms with van der Waals surface area (Å²) in [6, 6.07) is 20.7. The standard InChI is InChI=1S/C25H28N2O4S/c1-4-20-12-8-9-13-21(20)26-25(28)22(17-19-10-6-5-7-11-19)27-32(29,30)24-16-18(2)14-15-23(24)31-3/h5-16,22,27H,4,17H2,1-3H3,(H,26,28)/t22-/m0/s1. The molecule has 0 aromatic heterocycles. The minimum absolute atomic E-state index is 0.000167. The summed E-state index contributed by atoms with van der Waals surface area (Å²) in [7, 11) is -2.62. The van der Waals surface area contributed by atoms with Gasteiger partial charge in [-0.25, -0.2) is 8.42 Å². The van der Waals surface area contributed by atoms with Gasteiger partial charge < -0.3 is 10.1 Å². The Labute approximate surface area is 189 Å². The second-order valence-electron chi connectivity index (χ2n) is 7.52. The van der Waals surface area contributed by atoms with Crippen molar-refractivity contribution in [2.45, 2.75) is 37.6 Å². The van der Waals surface area contributed by atoms with E-state index in [2.05, 4.69) is 10.0 Å². The minimum atomic E-state index is -4.03. The normalized spacial score (nSPS) is 12.2. The van der Waals surface area contributed by atoms with Crippen molar-refractivity contribution in [3.63, 3.8) is 0 Å². The first kappa shape index (κ1) is 23.5. The van der Waals surface area contributed by atoms with Crippen molar-refractivity contribution in [2.75, 3.05) is 12.4 Å². The quantitative estimate of drug-likeness (QED) is 0.512. The van der Waals surface area contributed by atoms with E-state index < -0.39 is 22.0 Å². The van der Waals surface area contributed by atoms with Crippen molar-refractivity contribution in [1.29, 1.82) is 0 Å². The molecule has 0 unspecified atom stereocenters. The molecule has 0 saturated carbocycles. The van der Waals surface area contributed by atoms with Crippen molar-refractivity contribution in [3.05, 3.63) is 89.5 Å². The molecule has 2 N–H and O–H groups in total. The van der Waals surface area contributed by atoms with E-state index in [0.29, 0.717) is 5.69 Å². The molecule has 3 aromatic carbocycles.